The average molecular weight is 271 g/mol. The molecule has 104 valence electrons. The SMILES string of the molecule is CCCNc1c(C#N)cnc2cc(OC)cc(OC)c12. The van der Waals surface area contributed by atoms with Gasteiger partial charge in [0, 0.05) is 24.9 Å². The number of aromatic nitrogens is 1. The van der Waals surface area contributed by atoms with Crippen molar-refractivity contribution in [3.8, 4) is 17.6 Å². The molecule has 0 spiro atoms. The predicted molar refractivity (Wildman–Crippen MR) is 78.3 cm³/mol. The molecule has 0 radical (unpaired) electrons. The van der Waals surface area contributed by atoms with Crippen LogP contribution < -0.4 is 14.8 Å². The van der Waals surface area contributed by atoms with Gasteiger partial charge in [0.25, 0.3) is 0 Å². The summed E-state index contributed by atoms with van der Waals surface area (Å²) in [7, 11) is 3.19. The molecule has 1 aromatic carbocycles. The van der Waals surface area contributed by atoms with Crippen LogP contribution in [0.15, 0.2) is 18.3 Å². The van der Waals surface area contributed by atoms with Crippen LogP contribution in [-0.2, 0) is 0 Å². The molecule has 0 fully saturated rings. The molecule has 1 N–H and O–H groups in total. The Bertz CT molecular complexity index is 662. The van der Waals surface area contributed by atoms with E-state index in [1.165, 1.54) is 0 Å². The number of fused-ring (bicyclic) bond motifs is 1. The Labute approximate surface area is 118 Å². The number of nitrogens with zero attached hydrogens (tertiary/aromatic N) is 2. The zero-order chi connectivity index (χ0) is 14.5. The third-order valence-corrected chi connectivity index (χ3v) is 3.03. The van der Waals surface area contributed by atoms with Gasteiger partial charge in [-0.2, -0.15) is 5.26 Å². The smallest absolute Gasteiger partial charge is 0.134 e. The highest BCUT2D eigenvalue weighted by molar-refractivity contribution is 5.99. The van der Waals surface area contributed by atoms with Crippen molar-refractivity contribution in [2.45, 2.75) is 13.3 Å². The number of hydrogen-bond acceptors (Lipinski definition) is 5. The van der Waals surface area contributed by atoms with E-state index < -0.39 is 0 Å². The molecule has 1 heterocycles. The van der Waals surface area contributed by atoms with Crippen LogP contribution >= 0.6 is 0 Å². The molecule has 0 amide bonds. The normalized spacial score (nSPS) is 10.1. The van der Waals surface area contributed by atoms with Crippen LogP contribution in [0.2, 0.25) is 0 Å². The van der Waals surface area contributed by atoms with Crippen LogP contribution in [0.3, 0.4) is 0 Å². The van der Waals surface area contributed by atoms with Gasteiger partial charge < -0.3 is 14.8 Å². The summed E-state index contributed by atoms with van der Waals surface area (Å²) in [4.78, 5) is 4.32. The molecule has 5 heteroatoms. The highest BCUT2D eigenvalue weighted by Gasteiger charge is 2.14. The molecule has 1 aromatic heterocycles. The molecule has 0 unspecified atom stereocenters. The summed E-state index contributed by atoms with van der Waals surface area (Å²) in [6.45, 7) is 2.85. The first-order valence-electron chi connectivity index (χ1n) is 6.43. The fourth-order valence-corrected chi connectivity index (χ4v) is 2.06. The van der Waals surface area contributed by atoms with E-state index in [-0.39, 0.29) is 0 Å². The summed E-state index contributed by atoms with van der Waals surface area (Å²) < 4.78 is 10.7. The van der Waals surface area contributed by atoms with E-state index in [1.54, 1.807) is 26.5 Å². The second kappa shape index (κ2) is 6.11. The number of rotatable bonds is 5. The van der Waals surface area contributed by atoms with Gasteiger partial charge in [-0.25, -0.2) is 0 Å². The number of ether oxygens (including phenoxy) is 2. The van der Waals surface area contributed by atoms with Gasteiger partial charge in [-0.3, -0.25) is 4.98 Å². The first-order valence-corrected chi connectivity index (χ1v) is 6.43. The molecule has 0 atom stereocenters. The Morgan fingerprint density at radius 3 is 2.70 bits per heavy atom. The van der Waals surface area contributed by atoms with Crippen molar-refractivity contribution in [2.24, 2.45) is 0 Å². The maximum absolute atomic E-state index is 9.25. The number of nitrogens with one attached hydrogen (secondary N) is 1. The number of benzene rings is 1. The Morgan fingerprint density at radius 1 is 1.30 bits per heavy atom. The third kappa shape index (κ3) is 2.45. The minimum Gasteiger partial charge on any atom is -0.497 e. The van der Waals surface area contributed by atoms with Crippen LogP contribution in [0.1, 0.15) is 18.9 Å². The lowest BCUT2D eigenvalue weighted by Gasteiger charge is -2.14. The predicted octanol–water partition coefficient (Wildman–Crippen LogP) is 2.95. The van der Waals surface area contributed by atoms with E-state index in [2.05, 4.69) is 23.3 Å². The molecule has 0 saturated heterocycles. The van der Waals surface area contributed by atoms with Crippen LogP contribution in [0.5, 0.6) is 11.5 Å². The molecule has 0 aliphatic rings. The van der Waals surface area contributed by atoms with Crippen LogP contribution in [0, 0.1) is 11.3 Å². The lowest BCUT2D eigenvalue weighted by atomic mass is 10.1. The van der Waals surface area contributed by atoms with Crippen molar-refractivity contribution in [2.75, 3.05) is 26.1 Å². The van der Waals surface area contributed by atoms with Crippen molar-refractivity contribution in [1.29, 1.82) is 5.26 Å². The van der Waals surface area contributed by atoms with Gasteiger partial charge in [-0.15, -0.1) is 0 Å². The van der Waals surface area contributed by atoms with Gasteiger partial charge in [0.15, 0.2) is 0 Å². The van der Waals surface area contributed by atoms with E-state index in [4.69, 9.17) is 9.47 Å². The molecule has 5 nitrogen and oxygen atoms in total. The van der Waals surface area contributed by atoms with Crippen molar-refractivity contribution in [1.82, 2.24) is 4.98 Å². The summed E-state index contributed by atoms with van der Waals surface area (Å²) in [5.41, 5.74) is 2.01. The molecule has 0 saturated carbocycles. The fourth-order valence-electron chi connectivity index (χ4n) is 2.06. The number of pyridine rings is 1. The largest absolute Gasteiger partial charge is 0.497 e. The van der Waals surface area contributed by atoms with Crippen LogP contribution in [0.4, 0.5) is 5.69 Å². The highest BCUT2D eigenvalue weighted by atomic mass is 16.5. The van der Waals surface area contributed by atoms with E-state index in [1.807, 2.05) is 6.07 Å². The number of hydrogen-bond donors (Lipinski definition) is 1. The average Bonchev–Trinajstić information content (AvgIpc) is 2.50. The third-order valence-electron chi connectivity index (χ3n) is 3.03. The summed E-state index contributed by atoms with van der Waals surface area (Å²) in [5.74, 6) is 1.32. The molecule has 2 rings (SSSR count). The van der Waals surface area contributed by atoms with E-state index in [0.717, 1.165) is 29.6 Å². The lowest BCUT2D eigenvalue weighted by Crippen LogP contribution is -2.04. The standard InChI is InChI=1S/C15H17N3O2/c1-4-5-17-15-10(8-16)9-18-12-6-11(19-2)7-13(20-3)14(12)15/h6-7,9H,4-5H2,1-3H3,(H,17,18). The van der Waals surface area contributed by atoms with Crippen molar-refractivity contribution in [3.05, 3.63) is 23.9 Å². The van der Waals surface area contributed by atoms with E-state index >= 15 is 0 Å². The monoisotopic (exact) mass is 271 g/mol. The van der Waals surface area contributed by atoms with Gasteiger partial charge in [0.2, 0.25) is 0 Å². The molecule has 20 heavy (non-hydrogen) atoms. The molecule has 0 bridgehead atoms. The van der Waals surface area contributed by atoms with Gasteiger partial charge in [-0.05, 0) is 6.42 Å². The van der Waals surface area contributed by atoms with E-state index in [9.17, 15) is 5.26 Å². The van der Waals surface area contributed by atoms with Crippen LogP contribution in [-0.4, -0.2) is 25.7 Å². The second-order valence-corrected chi connectivity index (χ2v) is 4.31. The topological polar surface area (TPSA) is 67.2 Å². The quantitative estimate of drug-likeness (QED) is 0.905. The van der Waals surface area contributed by atoms with Gasteiger partial charge >= 0.3 is 0 Å². The fraction of sp³-hybridized carbons (Fsp3) is 0.333. The summed E-state index contributed by atoms with van der Waals surface area (Å²) in [5, 5.41) is 13.3. The summed E-state index contributed by atoms with van der Waals surface area (Å²) in [6.07, 6.45) is 2.53. The number of nitriles is 1. The Kier molecular flexibility index (Phi) is 4.26. The van der Waals surface area contributed by atoms with Gasteiger partial charge in [0.1, 0.15) is 17.6 Å². The van der Waals surface area contributed by atoms with Crippen LogP contribution in [0.25, 0.3) is 10.9 Å². The van der Waals surface area contributed by atoms with Gasteiger partial charge in [-0.1, -0.05) is 6.92 Å². The Hall–Kier alpha value is -2.48. The minimum absolute atomic E-state index is 0.509. The molecule has 2 aromatic rings. The zero-order valence-electron chi connectivity index (χ0n) is 11.9. The van der Waals surface area contributed by atoms with Crippen molar-refractivity contribution >= 4 is 16.6 Å². The maximum Gasteiger partial charge on any atom is 0.134 e. The summed E-state index contributed by atoms with van der Waals surface area (Å²) >= 11 is 0. The van der Waals surface area contributed by atoms with Gasteiger partial charge in [0.05, 0.1) is 36.4 Å². The van der Waals surface area contributed by atoms with E-state index in [0.29, 0.717) is 17.1 Å². The Balaban J connectivity index is 2.74. The number of methoxy groups -OCH3 is 2. The Morgan fingerprint density at radius 2 is 2.10 bits per heavy atom. The number of anilines is 1. The molecular formula is C15H17N3O2. The molecule has 0 aliphatic carbocycles. The lowest BCUT2D eigenvalue weighted by molar-refractivity contribution is 0.398. The highest BCUT2D eigenvalue weighted by Crippen LogP contribution is 2.36. The molecule has 0 aliphatic heterocycles. The first-order chi connectivity index (χ1) is 9.74. The zero-order valence-corrected chi connectivity index (χ0v) is 11.9. The molecular weight excluding hydrogens is 254 g/mol. The van der Waals surface area contributed by atoms with Crippen molar-refractivity contribution < 1.29 is 9.47 Å². The van der Waals surface area contributed by atoms with Crippen molar-refractivity contribution in [3.63, 3.8) is 0 Å². The second-order valence-electron chi connectivity index (χ2n) is 4.31. The minimum atomic E-state index is 0.509. The summed E-state index contributed by atoms with van der Waals surface area (Å²) in [6, 6.07) is 5.79. The first kappa shape index (κ1) is 13.9. The maximum atomic E-state index is 9.25.